The van der Waals surface area contributed by atoms with Gasteiger partial charge in [0, 0.05) is 18.5 Å². The van der Waals surface area contributed by atoms with Crippen LogP contribution in [0.2, 0.25) is 0 Å². The highest BCUT2D eigenvalue weighted by molar-refractivity contribution is 5.96. The smallest absolute Gasteiger partial charge is 0.254 e. The summed E-state index contributed by atoms with van der Waals surface area (Å²) < 4.78 is 7.38. The molecule has 4 rings (SSSR count). The van der Waals surface area contributed by atoms with Crippen molar-refractivity contribution in [2.75, 3.05) is 32.1 Å². The predicted octanol–water partition coefficient (Wildman–Crippen LogP) is 2.00. The fourth-order valence-electron chi connectivity index (χ4n) is 3.12. The fourth-order valence-corrected chi connectivity index (χ4v) is 3.12. The summed E-state index contributed by atoms with van der Waals surface area (Å²) in [5, 5.41) is 8.41. The van der Waals surface area contributed by atoms with Crippen LogP contribution in [0.5, 0.6) is 0 Å². The third-order valence-electron chi connectivity index (χ3n) is 4.54. The van der Waals surface area contributed by atoms with Gasteiger partial charge in [0.2, 0.25) is 0 Å². The van der Waals surface area contributed by atoms with Gasteiger partial charge in [-0.2, -0.15) is 5.10 Å². The molecule has 3 aromatic rings. The van der Waals surface area contributed by atoms with E-state index < -0.39 is 6.10 Å². The van der Waals surface area contributed by atoms with E-state index in [-0.39, 0.29) is 5.91 Å². The van der Waals surface area contributed by atoms with Gasteiger partial charge >= 0.3 is 0 Å². The number of nitrogens with zero attached hydrogens (tertiary/aromatic N) is 4. The lowest BCUT2D eigenvalue weighted by Crippen LogP contribution is -2.46. The molecule has 1 fully saturated rings. The second-order valence-electron chi connectivity index (χ2n) is 6.54. The molecule has 3 heterocycles. The van der Waals surface area contributed by atoms with Gasteiger partial charge < -0.3 is 15.0 Å². The Morgan fingerprint density at radius 1 is 1.31 bits per heavy atom. The summed E-state index contributed by atoms with van der Waals surface area (Å²) in [7, 11) is 1.98. The van der Waals surface area contributed by atoms with Gasteiger partial charge in [0.05, 0.1) is 29.9 Å². The van der Waals surface area contributed by atoms with E-state index in [9.17, 15) is 4.79 Å². The number of morpholine rings is 1. The highest BCUT2D eigenvalue weighted by Gasteiger charge is 2.25. The number of pyridine rings is 1. The van der Waals surface area contributed by atoms with Crippen molar-refractivity contribution in [2.45, 2.75) is 13.0 Å². The van der Waals surface area contributed by atoms with Crippen LogP contribution in [0.3, 0.4) is 0 Å². The number of benzene rings is 1. The highest BCUT2D eigenvalue weighted by atomic mass is 16.5. The van der Waals surface area contributed by atoms with Crippen LogP contribution in [-0.4, -0.2) is 58.4 Å². The number of ether oxygens (including phenoxy) is 1. The number of likely N-dealkylation sites (N-methyl/N-ethyl adjacent to an activating group) is 1. The van der Waals surface area contributed by atoms with Crippen molar-refractivity contribution in [1.29, 1.82) is 0 Å². The first kappa shape index (κ1) is 16.7. The number of aromatic nitrogens is 3. The predicted molar refractivity (Wildman–Crippen MR) is 99.5 cm³/mol. The number of aryl methyl sites for hydroxylation is 1. The number of rotatable bonds is 3. The normalized spacial score (nSPS) is 18.2. The Hall–Kier alpha value is -2.77. The molecule has 7 heteroatoms. The molecule has 7 nitrogen and oxygen atoms in total. The first-order chi connectivity index (χ1) is 12.6. The molecule has 0 radical (unpaired) electrons. The largest absolute Gasteiger partial charge is 0.366 e. The first-order valence-corrected chi connectivity index (χ1v) is 8.63. The van der Waals surface area contributed by atoms with Gasteiger partial charge in [-0.25, -0.2) is 9.67 Å². The Labute approximate surface area is 151 Å². The second kappa shape index (κ2) is 6.86. The summed E-state index contributed by atoms with van der Waals surface area (Å²) in [6.45, 7) is 3.94. The minimum Gasteiger partial charge on any atom is -0.366 e. The SMILES string of the molecule is Cc1nn(-c2ccccc2)c2ncc(NC(=O)C3CN(C)CCO3)cc12. The number of para-hydroxylation sites is 1. The minimum absolute atomic E-state index is 0.147. The molecular weight excluding hydrogens is 330 g/mol. The molecule has 0 bridgehead atoms. The number of hydrogen-bond donors (Lipinski definition) is 1. The van der Waals surface area contributed by atoms with Crippen LogP contribution in [-0.2, 0) is 9.53 Å². The Bertz CT molecular complexity index is 938. The zero-order valence-electron chi connectivity index (χ0n) is 14.8. The molecule has 1 atom stereocenters. The zero-order chi connectivity index (χ0) is 18.1. The van der Waals surface area contributed by atoms with Crippen molar-refractivity contribution in [3.05, 3.63) is 48.3 Å². The molecule has 0 aliphatic carbocycles. The van der Waals surface area contributed by atoms with E-state index in [0.29, 0.717) is 18.8 Å². The highest BCUT2D eigenvalue weighted by Crippen LogP contribution is 2.23. The van der Waals surface area contributed by atoms with Gasteiger partial charge in [-0.15, -0.1) is 0 Å². The summed E-state index contributed by atoms with van der Waals surface area (Å²) in [5.74, 6) is -0.147. The van der Waals surface area contributed by atoms with Crippen LogP contribution in [0.25, 0.3) is 16.7 Å². The monoisotopic (exact) mass is 351 g/mol. The Kier molecular flexibility index (Phi) is 4.40. The lowest BCUT2D eigenvalue weighted by atomic mass is 10.2. The molecule has 134 valence electrons. The van der Waals surface area contributed by atoms with Gasteiger partial charge in [0.1, 0.15) is 6.10 Å². The van der Waals surface area contributed by atoms with E-state index in [2.05, 4.69) is 20.3 Å². The molecule has 0 spiro atoms. The Morgan fingerprint density at radius 2 is 2.12 bits per heavy atom. The Morgan fingerprint density at radius 3 is 2.88 bits per heavy atom. The number of amides is 1. The maximum absolute atomic E-state index is 12.4. The number of carbonyl (C=O) groups excluding carboxylic acids is 1. The van der Waals surface area contributed by atoms with Gasteiger partial charge in [-0.1, -0.05) is 18.2 Å². The summed E-state index contributed by atoms with van der Waals surface area (Å²) in [6, 6.07) is 11.8. The molecule has 1 amide bonds. The van der Waals surface area contributed by atoms with Gasteiger partial charge in [-0.05, 0) is 32.2 Å². The lowest BCUT2D eigenvalue weighted by molar-refractivity contribution is -0.132. The Balaban J connectivity index is 1.60. The third-order valence-corrected chi connectivity index (χ3v) is 4.54. The van der Waals surface area contributed by atoms with E-state index in [1.807, 2.05) is 55.1 Å². The molecule has 1 aliphatic heterocycles. The number of nitrogens with one attached hydrogen (secondary N) is 1. The van der Waals surface area contributed by atoms with Gasteiger partial charge in [0.25, 0.3) is 5.91 Å². The standard InChI is InChI=1S/C19H21N5O2/c1-13-16-10-14(21-19(25)17-12-23(2)8-9-26-17)11-20-18(16)24(22-13)15-6-4-3-5-7-15/h3-7,10-11,17H,8-9,12H2,1-2H3,(H,21,25). The molecule has 1 unspecified atom stereocenters. The molecule has 1 N–H and O–H groups in total. The van der Waals surface area contributed by atoms with E-state index in [4.69, 9.17) is 4.74 Å². The van der Waals surface area contributed by atoms with E-state index in [1.54, 1.807) is 6.20 Å². The van der Waals surface area contributed by atoms with E-state index >= 15 is 0 Å². The summed E-state index contributed by atoms with van der Waals surface area (Å²) >= 11 is 0. The number of fused-ring (bicyclic) bond motifs is 1. The quantitative estimate of drug-likeness (QED) is 0.781. The average molecular weight is 351 g/mol. The van der Waals surface area contributed by atoms with Crippen molar-refractivity contribution in [2.24, 2.45) is 0 Å². The van der Waals surface area contributed by atoms with E-state index in [0.717, 1.165) is 29.0 Å². The summed E-state index contributed by atoms with van der Waals surface area (Å²) in [6.07, 6.45) is 1.20. The van der Waals surface area contributed by atoms with E-state index in [1.165, 1.54) is 0 Å². The van der Waals surface area contributed by atoms with Crippen LogP contribution < -0.4 is 5.32 Å². The van der Waals surface area contributed by atoms with Gasteiger partial charge in [0.15, 0.2) is 5.65 Å². The third kappa shape index (κ3) is 3.18. The van der Waals surface area contributed by atoms with Crippen LogP contribution in [0.15, 0.2) is 42.6 Å². The average Bonchev–Trinajstić information content (AvgIpc) is 2.99. The summed E-state index contributed by atoms with van der Waals surface area (Å²) in [4.78, 5) is 19.1. The lowest BCUT2D eigenvalue weighted by Gasteiger charge is -2.29. The topological polar surface area (TPSA) is 72.3 Å². The molecule has 2 aromatic heterocycles. The minimum atomic E-state index is -0.461. The molecule has 1 saturated heterocycles. The molecule has 1 aliphatic rings. The second-order valence-corrected chi connectivity index (χ2v) is 6.54. The van der Waals surface area contributed by atoms with Crippen molar-refractivity contribution in [3.8, 4) is 5.69 Å². The number of hydrogen-bond acceptors (Lipinski definition) is 5. The molecular formula is C19H21N5O2. The van der Waals surface area contributed by atoms with Crippen molar-refractivity contribution >= 4 is 22.6 Å². The van der Waals surface area contributed by atoms with Crippen LogP contribution in [0.1, 0.15) is 5.69 Å². The number of anilines is 1. The molecule has 1 aromatic carbocycles. The number of carbonyl (C=O) groups is 1. The van der Waals surface area contributed by atoms with Crippen molar-refractivity contribution in [1.82, 2.24) is 19.7 Å². The summed E-state index contributed by atoms with van der Waals surface area (Å²) in [5.41, 5.74) is 3.23. The van der Waals surface area contributed by atoms with Crippen LogP contribution in [0, 0.1) is 6.92 Å². The van der Waals surface area contributed by atoms with Crippen molar-refractivity contribution < 1.29 is 9.53 Å². The zero-order valence-corrected chi connectivity index (χ0v) is 14.8. The molecule has 26 heavy (non-hydrogen) atoms. The van der Waals surface area contributed by atoms with Gasteiger partial charge in [-0.3, -0.25) is 4.79 Å². The fraction of sp³-hybridized carbons (Fsp3) is 0.316. The first-order valence-electron chi connectivity index (χ1n) is 8.63. The van der Waals surface area contributed by atoms with Crippen LogP contribution >= 0.6 is 0 Å². The van der Waals surface area contributed by atoms with Crippen molar-refractivity contribution in [3.63, 3.8) is 0 Å². The van der Waals surface area contributed by atoms with Crippen LogP contribution in [0.4, 0.5) is 5.69 Å². The maximum Gasteiger partial charge on any atom is 0.254 e. The maximum atomic E-state index is 12.4. The molecule has 0 saturated carbocycles.